The maximum absolute atomic E-state index is 11.7. The van der Waals surface area contributed by atoms with Crippen LogP contribution in [0, 0.1) is 5.92 Å². The first-order valence-corrected chi connectivity index (χ1v) is 5.71. The van der Waals surface area contributed by atoms with Crippen LogP contribution in [0.4, 0.5) is 0 Å². The molecule has 3 nitrogen and oxygen atoms in total. The number of nitrogens with one attached hydrogen (secondary N) is 1. The Kier molecular flexibility index (Phi) is 4.18. The standard InChI is InChI=1S/C12H22N2O/c1-9(2)12(15)14-7-5-11(6-8-14)13-10(3)4/h9,11,13H,3,5-8H2,1-2,4H3. The van der Waals surface area contributed by atoms with Crippen molar-refractivity contribution in [3.8, 4) is 0 Å². The monoisotopic (exact) mass is 210 g/mol. The zero-order valence-electron chi connectivity index (χ0n) is 10.0. The van der Waals surface area contributed by atoms with E-state index in [0.29, 0.717) is 6.04 Å². The average Bonchev–Trinajstić information content (AvgIpc) is 2.17. The normalized spacial score (nSPS) is 18.0. The van der Waals surface area contributed by atoms with Gasteiger partial charge in [-0.05, 0) is 19.8 Å². The van der Waals surface area contributed by atoms with Crippen molar-refractivity contribution >= 4 is 5.91 Å². The Morgan fingerprint density at radius 2 is 1.93 bits per heavy atom. The minimum atomic E-state index is 0.121. The number of likely N-dealkylation sites (tertiary alicyclic amines) is 1. The molecule has 0 unspecified atom stereocenters. The predicted octanol–water partition coefficient (Wildman–Crippen LogP) is 1.76. The van der Waals surface area contributed by atoms with Gasteiger partial charge in [-0.2, -0.15) is 0 Å². The molecular weight excluding hydrogens is 188 g/mol. The first-order chi connectivity index (χ1) is 7.00. The highest BCUT2D eigenvalue weighted by Crippen LogP contribution is 2.13. The van der Waals surface area contributed by atoms with Gasteiger partial charge in [0.15, 0.2) is 0 Å². The molecule has 0 aromatic heterocycles. The van der Waals surface area contributed by atoms with Crippen LogP contribution in [-0.4, -0.2) is 29.9 Å². The summed E-state index contributed by atoms with van der Waals surface area (Å²) in [5, 5.41) is 3.34. The molecule has 0 radical (unpaired) electrons. The van der Waals surface area contributed by atoms with E-state index in [1.54, 1.807) is 0 Å². The van der Waals surface area contributed by atoms with Crippen LogP contribution in [0.5, 0.6) is 0 Å². The quantitative estimate of drug-likeness (QED) is 0.770. The third-order valence-electron chi connectivity index (χ3n) is 2.75. The van der Waals surface area contributed by atoms with Gasteiger partial charge in [0.1, 0.15) is 0 Å². The van der Waals surface area contributed by atoms with Gasteiger partial charge in [0, 0.05) is 30.7 Å². The fourth-order valence-electron chi connectivity index (χ4n) is 1.96. The van der Waals surface area contributed by atoms with E-state index in [-0.39, 0.29) is 11.8 Å². The summed E-state index contributed by atoms with van der Waals surface area (Å²) in [6, 6.07) is 0.499. The highest BCUT2D eigenvalue weighted by molar-refractivity contribution is 5.78. The summed E-state index contributed by atoms with van der Waals surface area (Å²) in [6.45, 7) is 11.5. The summed E-state index contributed by atoms with van der Waals surface area (Å²) in [5.41, 5.74) is 1.02. The largest absolute Gasteiger partial charge is 0.386 e. The highest BCUT2D eigenvalue weighted by Gasteiger charge is 2.23. The van der Waals surface area contributed by atoms with E-state index in [1.165, 1.54) is 0 Å². The van der Waals surface area contributed by atoms with Crippen LogP contribution in [0.2, 0.25) is 0 Å². The first kappa shape index (κ1) is 12.1. The second kappa shape index (κ2) is 5.19. The van der Waals surface area contributed by atoms with Gasteiger partial charge in [-0.1, -0.05) is 20.4 Å². The van der Waals surface area contributed by atoms with E-state index < -0.39 is 0 Å². The molecule has 0 aromatic carbocycles. The number of allylic oxidation sites excluding steroid dienone is 1. The maximum Gasteiger partial charge on any atom is 0.225 e. The molecule has 1 aliphatic rings. The van der Waals surface area contributed by atoms with Crippen LogP contribution in [-0.2, 0) is 4.79 Å². The molecule has 0 spiro atoms. The molecule has 1 N–H and O–H groups in total. The summed E-state index contributed by atoms with van der Waals surface area (Å²) in [4.78, 5) is 13.7. The number of carbonyl (C=O) groups is 1. The van der Waals surface area contributed by atoms with Gasteiger partial charge in [-0.15, -0.1) is 0 Å². The third-order valence-corrected chi connectivity index (χ3v) is 2.75. The Balaban J connectivity index is 2.35. The van der Waals surface area contributed by atoms with Gasteiger partial charge in [0.05, 0.1) is 0 Å². The summed E-state index contributed by atoms with van der Waals surface area (Å²) in [6.07, 6.45) is 2.07. The lowest BCUT2D eigenvalue weighted by molar-refractivity contribution is -0.135. The predicted molar refractivity (Wildman–Crippen MR) is 62.4 cm³/mol. The molecule has 1 fully saturated rings. The zero-order chi connectivity index (χ0) is 11.4. The molecule has 0 saturated carbocycles. The molecule has 0 aliphatic carbocycles. The zero-order valence-corrected chi connectivity index (χ0v) is 10.0. The topological polar surface area (TPSA) is 32.3 Å². The molecule has 1 aliphatic heterocycles. The number of carbonyl (C=O) groups excluding carboxylic acids is 1. The van der Waals surface area contributed by atoms with Gasteiger partial charge >= 0.3 is 0 Å². The molecule has 0 atom stereocenters. The number of hydrogen-bond acceptors (Lipinski definition) is 2. The number of nitrogens with zero attached hydrogens (tertiary/aromatic N) is 1. The van der Waals surface area contributed by atoms with Crippen molar-refractivity contribution in [1.82, 2.24) is 10.2 Å². The fourth-order valence-corrected chi connectivity index (χ4v) is 1.96. The maximum atomic E-state index is 11.7. The molecule has 15 heavy (non-hydrogen) atoms. The summed E-state index contributed by atoms with van der Waals surface area (Å²) >= 11 is 0. The molecule has 1 rings (SSSR count). The Hall–Kier alpha value is -0.990. The number of piperidine rings is 1. The SMILES string of the molecule is C=C(C)NC1CCN(C(=O)C(C)C)CC1. The van der Waals surface area contributed by atoms with Crippen LogP contribution >= 0.6 is 0 Å². The van der Waals surface area contributed by atoms with Crippen molar-refractivity contribution in [2.75, 3.05) is 13.1 Å². The summed E-state index contributed by atoms with van der Waals surface area (Å²) in [7, 11) is 0. The van der Waals surface area contributed by atoms with Crippen LogP contribution in [0.1, 0.15) is 33.6 Å². The van der Waals surface area contributed by atoms with Crippen LogP contribution in [0.25, 0.3) is 0 Å². The fraction of sp³-hybridized carbons (Fsp3) is 0.750. The number of rotatable bonds is 3. The minimum Gasteiger partial charge on any atom is -0.386 e. The van der Waals surface area contributed by atoms with Gasteiger partial charge < -0.3 is 10.2 Å². The summed E-state index contributed by atoms with van der Waals surface area (Å²) in [5.74, 6) is 0.402. The van der Waals surface area contributed by atoms with Crippen molar-refractivity contribution < 1.29 is 4.79 Å². The summed E-state index contributed by atoms with van der Waals surface area (Å²) < 4.78 is 0. The van der Waals surface area contributed by atoms with Crippen LogP contribution < -0.4 is 5.32 Å². The second-order valence-corrected chi connectivity index (χ2v) is 4.68. The molecule has 1 saturated heterocycles. The second-order valence-electron chi connectivity index (χ2n) is 4.68. The van der Waals surface area contributed by atoms with E-state index in [4.69, 9.17) is 0 Å². The van der Waals surface area contributed by atoms with E-state index in [1.807, 2.05) is 25.7 Å². The molecule has 0 bridgehead atoms. The van der Waals surface area contributed by atoms with E-state index in [9.17, 15) is 4.79 Å². The minimum absolute atomic E-state index is 0.121. The van der Waals surface area contributed by atoms with Crippen molar-refractivity contribution in [2.24, 2.45) is 5.92 Å². The van der Waals surface area contributed by atoms with Crippen LogP contribution in [0.3, 0.4) is 0 Å². The average molecular weight is 210 g/mol. The molecule has 1 heterocycles. The van der Waals surface area contributed by atoms with Crippen molar-refractivity contribution in [1.29, 1.82) is 0 Å². The van der Waals surface area contributed by atoms with Crippen molar-refractivity contribution in [3.05, 3.63) is 12.3 Å². The smallest absolute Gasteiger partial charge is 0.225 e. The van der Waals surface area contributed by atoms with Gasteiger partial charge in [-0.25, -0.2) is 0 Å². The van der Waals surface area contributed by atoms with Gasteiger partial charge in [0.2, 0.25) is 5.91 Å². The highest BCUT2D eigenvalue weighted by atomic mass is 16.2. The molecule has 0 aromatic rings. The van der Waals surface area contributed by atoms with E-state index in [2.05, 4.69) is 11.9 Å². The Morgan fingerprint density at radius 1 is 1.40 bits per heavy atom. The Labute approximate surface area is 92.5 Å². The number of hydrogen-bond donors (Lipinski definition) is 1. The Bertz CT molecular complexity index is 240. The lowest BCUT2D eigenvalue weighted by atomic mass is 10.0. The van der Waals surface area contributed by atoms with Gasteiger partial charge in [-0.3, -0.25) is 4.79 Å². The van der Waals surface area contributed by atoms with E-state index >= 15 is 0 Å². The molecule has 1 amide bonds. The van der Waals surface area contributed by atoms with Crippen LogP contribution in [0.15, 0.2) is 12.3 Å². The molecule has 3 heteroatoms. The van der Waals surface area contributed by atoms with Gasteiger partial charge in [0.25, 0.3) is 0 Å². The Morgan fingerprint density at radius 3 is 2.33 bits per heavy atom. The molecule has 86 valence electrons. The van der Waals surface area contributed by atoms with E-state index in [0.717, 1.165) is 31.6 Å². The van der Waals surface area contributed by atoms with Crippen molar-refractivity contribution in [3.63, 3.8) is 0 Å². The molecular formula is C12H22N2O. The van der Waals surface area contributed by atoms with Crippen molar-refractivity contribution in [2.45, 2.75) is 39.7 Å². The number of amides is 1. The lowest BCUT2D eigenvalue weighted by Gasteiger charge is -2.33. The third kappa shape index (κ3) is 3.57. The first-order valence-electron chi connectivity index (χ1n) is 5.71. The lowest BCUT2D eigenvalue weighted by Crippen LogP contribution is -2.45.